The summed E-state index contributed by atoms with van der Waals surface area (Å²) in [6, 6.07) is 11.4. The lowest BCUT2D eigenvalue weighted by atomic mass is 9.79. The number of benzene rings is 1. The first kappa shape index (κ1) is 16.6. The number of amides is 1. The fourth-order valence-corrected chi connectivity index (χ4v) is 3.09. The van der Waals surface area contributed by atoms with Crippen LogP contribution in [-0.2, 0) is 23.3 Å². The first-order chi connectivity index (χ1) is 11.5. The van der Waals surface area contributed by atoms with E-state index >= 15 is 0 Å². The van der Waals surface area contributed by atoms with Gasteiger partial charge in [0.1, 0.15) is 5.41 Å². The van der Waals surface area contributed by atoms with Crippen LogP contribution in [0.25, 0.3) is 0 Å². The Morgan fingerprint density at radius 1 is 1.46 bits per heavy atom. The summed E-state index contributed by atoms with van der Waals surface area (Å²) in [6.45, 7) is 2.98. The number of fused-ring (bicyclic) bond motifs is 1. The number of hydrogen-bond acceptors (Lipinski definition) is 4. The molecule has 2 aromatic rings. The number of carbonyl (C=O) groups excluding carboxylic acids is 1. The number of pyridine rings is 1. The molecule has 0 aliphatic carbocycles. The highest BCUT2D eigenvalue weighted by atomic mass is 79.9. The van der Waals surface area contributed by atoms with Crippen molar-refractivity contribution in [2.75, 3.05) is 6.61 Å². The molecule has 1 aliphatic heterocycles. The maximum atomic E-state index is 12.4. The number of aromatic nitrogens is 1. The highest BCUT2D eigenvalue weighted by Gasteiger charge is 2.33. The standard InChI is InChI=1S/C18H16BrN3O2/c1-18(10-20)11-24-9-13-3-2-12(6-16(13)18)17(23)22-8-15-7-14(19)4-5-21-15/h2-7H,8-9,11H2,1H3,(H,22,23)/t18-/m1/s1. The SMILES string of the molecule is C[C@@]1(C#N)COCc2ccc(C(=O)NCc3cc(Br)ccn3)cc21. The zero-order valence-electron chi connectivity index (χ0n) is 13.2. The number of rotatable bonds is 3. The molecule has 0 bridgehead atoms. The van der Waals surface area contributed by atoms with Crippen molar-refractivity contribution in [3.63, 3.8) is 0 Å². The zero-order valence-corrected chi connectivity index (χ0v) is 14.8. The van der Waals surface area contributed by atoms with Crippen LogP contribution in [0.5, 0.6) is 0 Å². The highest BCUT2D eigenvalue weighted by Crippen LogP contribution is 2.32. The van der Waals surface area contributed by atoms with Gasteiger partial charge >= 0.3 is 0 Å². The molecule has 0 fully saturated rings. The minimum Gasteiger partial charge on any atom is -0.375 e. The summed E-state index contributed by atoms with van der Waals surface area (Å²) in [5.41, 5.74) is 2.40. The van der Waals surface area contributed by atoms with Crippen LogP contribution in [-0.4, -0.2) is 17.5 Å². The van der Waals surface area contributed by atoms with Gasteiger partial charge in [0.25, 0.3) is 5.91 Å². The predicted octanol–water partition coefficient (Wildman–Crippen LogP) is 3.09. The Morgan fingerprint density at radius 2 is 2.29 bits per heavy atom. The second-order valence-electron chi connectivity index (χ2n) is 5.96. The largest absolute Gasteiger partial charge is 0.375 e. The third kappa shape index (κ3) is 3.32. The van der Waals surface area contributed by atoms with Crippen LogP contribution in [0.3, 0.4) is 0 Å². The highest BCUT2D eigenvalue weighted by molar-refractivity contribution is 9.10. The number of halogens is 1. The van der Waals surface area contributed by atoms with Crippen LogP contribution in [0.4, 0.5) is 0 Å². The van der Waals surface area contributed by atoms with Gasteiger partial charge in [-0.05, 0) is 42.3 Å². The second-order valence-corrected chi connectivity index (χ2v) is 6.87. The molecule has 3 rings (SSSR count). The molecule has 1 aromatic heterocycles. The number of ether oxygens (including phenoxy) is 1. The molecule has 2 heterocycles. The Hall–Kier alpha value is -2.23. The van der Waals surface area contributed by atoms with Crippen molar-refractivity contribution in [3.8, 4) is 6.07 Å². The molecule has 5 nitrogen and oxygen atoms in total. The van der Waals surface area contributed by atoms with Gasteiger partial charge in [0.05, 0.1) is 31.5 Å². The average molecular weight is 386 g/mol. The van der Waals surface area contributed by atoms with Crippen molar-refractivity contribution in [3.05, 3.63) is 63.4 Å². The number of nitrogens with zero attached hydrogens (tertiary/aromatic N) is 2. The summed E-state index contributed by atoms with van der Waals surface area (Å²) in [5, 5.41) is 12.3. The van der Waals surface area contributed by atoms with Crippen molar-refractivity contribution in [1.29, 1.82) is 5.26 Å². The smallest absolute Gasteiger partial charge is 0.251 e. The van der Waals surface area contributed by atoms with Gasteiger partial charge < -0.3 is 10.1 Å². The Kier molecular flexibility index (Phi) is 4.65. The Balaban J connectivity index is 1.79. The van der Waals surface area contributed by atoms with Crippen molar-refractivity contribution in [2.45, 2.75) is 25.5 Å². The molecular weight excluding hydrogens is 370 g/mol. The Morgan fingerprint density at radius 3 is 3.04 bits per heavy atom. The molecule has 0 saturated carbocycles. The number of carbonyl (C=O) groups is 1. The molecule has 1 aromatic carbocycles. The van der Waals surface area contributed by atoms with E-state index in [1.165, 1.54) is 0 Å². The summed E-state index contributed by atoms with van der Waals surface area (Å²) in [4.78, 5) is 16.6. The fourth-order valence-electron chi connectivity index (χ4n) is 2.71. The van der Waals surface area contributed by atoms with Crippen LogP contribution in [0, 0.1) is 11.3 Å². The van der Waals surface area contributed by atoms with Gasteiger partial charge in [0, 0.05) is 16.2 Å². The first-order valence-corrected chi connectivity index (χ1v) is 8.32. The topological polar surface area (TPSA) is 75.0 Å². The minimum atomic E-state index is -0.726. The van der Waals surface area contributed by atoms with E-state index in [0.717, 1.165) is 21.3 Å². The first-order valence-electron chi connectivity index (χ1n) is 7.53. The van der Waals surface area contributed by atoms with Gasteiger partial charge in [-0.25, -0.2) is 0 Å². The van der Waals surface area contributed by atoms with E-state index in [4.69, 9.17) is 4.74 Å². The molecular formula is C18H16BrN3O2. The molecule has 1 aliphatic rings. The van der Waals surface area contributed by atoms with E-state index in [2.05, 4.69) is 32.3 Å². The maximum Gasteiger partial charge on any atom is 0.251 e. The fraction of sp³-hybridized carbons (Fsp3) is 0.278. The lowest BCUT2D eigenvalue weighted by Crippen LogP contribution is -2.33. The Labute approximate surface area is 148 Å². The number of nitriles is 1. The number of hydrogen-bond donors (Lipinski definition) is 1. The maximum absolute atomic E-state index is 12.4. The van der Waals surface area contributed by atoms with E-state index in [0.29, 0.717) is 25.3 Å². The third-order valence-corrected chi connectivity index (χ3v) is 4.56. The molecule has 24 heavy (non-hydrogen) atoms. The van der Waals surface area contributed by atoms with Crippen molar-refractivity contribution in [2.24, 2.45) is 0 Å². The van der Waals surface area contributed by atoms with Gasteiger partial charge in [0.15, 0.2) is 0 Å². The molecule has 6 heteroatoms. The normalized spacial score (nSPS) is 19.2. The minimum absolute atomic E-state index is 0.189. The molecule has 0 radical (unpaired) electrons. The van der Waals surface area contributed by atoms with Crippen LogP contribution in [0.2, 0.25) is 0 Å². The van der Waals surface area contributed by atoms with E-state index in [9.17, 15) is 10.1 Å². The van der Waals surface area contributed by atoms with E-state index in [1.807, 2.05) is 25.1 Å². The summed E-state index contributed by atoms with van der Waals surface area (Å²) in [7, 11) is 0. The predicted molar refractivity (Wildman–Crippen MR) is 92.2 cm³/mol. The summed E-state index contributed by atoms with van der Waals surface area (Å²) in [6.07, 6.45) is 1.68. The molecule has 0 spiro atoms. The molecule has 0 unspecified atom stereocenters. The van der Waals surface area contributed by atoms with Crippen LogP contribution < -0.4 is 5.32 Å². The van der Waals surface area contributed by atoms with Crippen LogP contribution in [0.1, 0.15) is 34.1 Å². The van der Waals surface area contributed by atoms with Crippen molar-refractivity contribution < 1.29 is 9.53 Å². The van der Waals surface area contributed by atoms with E-state index in [-0.39, 0.29) is 5.91 Å². The number of nitrogens with one attached hydrogen (secondary N) is 1. The average Bonchev–Trinajstić information content (AvgIpc) is 2.60. The molecule has 0 saturated heterocycles. The quantitative estimate of drug-likeness (QED) is 0.880. The van der Waals surface area contributed by atoms with Gasteiger partial charge in [-0.1, -0.05) is 22.0 Å². The molecule has 1 atom stereocenters. The molecule has 122 valence electrons. The molecule has 1 amide bonds. The van der Waals surface area contributed by atoms with Gasteiger partial charge in [-0.15, -0.1) is 0 Å². The summed E-state index contributed by atoms with van der Waals surface area (Å²) >= 11 is 3.38. The third-order valence-electron chi connectivity index (χ3n) is 4.07. The summed E-state index contributed by atoms with van der Waals surface area (Å²) in [5.74, 6) is -0.189. The van der Waals surface area contributed by atoms with Gasteiger partial charge in [-0.2, -0.15) is 5.26 Å². The van der Waals surface area contributed by atoms with Crippen molar-refractivity contribution >= 4 is 21.8 Å². The van der Waals surface area contributed by atoms with Crippen LogP contribution >= 0.6 is 15.9 Å². The Bertz CT molecular complexity index is 831. The van der Waals surface area contributed by atoms with Crippen LogP contribution in [0.15, 0.2) is 41.0 Å². The monoisotopic (exact) mass is 385 g/mol. The second kappa shape index (κ2) is 6.71. The van der Waals surface area contributed by atoms with E-state index in [1.54, 1.807) is 18.3 Å². The molecule has 1 N–H and O–H groups in total. The van der Waals surface area contributed by atoms with Gasteiger partial charge in [0.2, 0.25) is 0 Å². The van der Waals surface area contributed by atoms with Gasteiger partial charge in [-0.3, -0.25) is 9.78 Å². The summed E-state index contributed by atoms with van der Waals surface area (Å²) < 4.78 is 6.40. The van der Waals surface area contributed by atoms with E-state index < -0.39 is 5.41 Å². The van der Waals surface area contributed by atoms with Crippen molar-refractivity contribution in [1.82, 2.24) is 10.3 Å². The zero-order chi connectivity index (χ0) is 17.2. The lowest BCUT2D eigenvalue weighted by Gasteiger charge is -2.30. The lowest BCUT2D eigenvalue weighted by molar-refractivity contribution is 0.0757.